The summed E-state index contributed by atoms with van der Waals surface area (Å²) in [6.07, 6.45) is 17.1. The van der Waals surface area contributed by atoms with Gasteiger partial charge in [0.05, 0.1) is 0 Å². The molecule has 1 saturated heterocycles. The standard InChI is InChI=1S/C24H47Ge2N/c1-25(2,3)18-12-14-23-21(16-18)22-17-19(26(4,5)6)13-15-24(22)27(23)20-10-8-7-9-11-20/h18-24H,7-17H2,1-6H3. The van der Waals surface area contributed by atoms with Crippen molar-refractivity contribution in [3.63, 3.8) is 0 Å². The molecule has 0 aromatic heterocycles. The Labute approximate surface area is 175 Å². The summed E-state index contributed by atoms with van der Waals surface area (Å²) >= 11 is -3.04. The van der Waals surface area contributed by atoms with Crippen LogP contribution in [-0.2, 0) is 0 Å². The van der Waals surface area contributed by atoms with Gasteiger partial charge in [0, 0.05) is 0 Å². The number of hydrogen-bond donors (Lipinski definition) is 0. The van der Waals surface area contributed by atoms with Crippen LogP contribution in [0.5, 0.6) is 0 Å². The quantitative estimate of drug-likeness (QED) is 0.370. The third-order valence-electron chi connectivity index (χ3n) is 9.49. The normalized spacial score (nSPS) is 42.0. The molecule has 0 aromatic rings. The maximum atomic E-state index is 3.21. The van der Waals surface area contributed by atoms with E-state index in [0.29, 0.717) is 0 Å². The van der Waals surface area contributed by atoms with Crippen LogP contribution in [0.2, 0.25) is 44.0 Å². The third-order valence-corrected chi connectivity index (χ3v) is 22.0. The van der Waals surface area contributed by atoms with Gasteiger partial charge < -0.3 is 0 Å². The van der Waals surface area contributed by atoms with Gasteiger partial charge in [-0.25, -0.2) is 0 Å². The molecule has 0 spiro atoms. The van der Waals surface area contributed by atoms with E-state index in [2.05, 4.69) is 39.4 Å². The molecule has 1 nitrogen and oxygen atoms in total. The van der Waals surface area contributed by atoms with E-state index in [1.807, 2.05) is 0 Å². The predicted molar refractivity (Wildman–Crippen MR) is 125 cm³/mol. The molecule has 6 atom stereocenters. The molecule has 27 heavy (non-hydrogen) atoms. The number of rotatable bonds is 3. The third kappa shape index (κ3) is 4.27. The number of fused-ring (bicyclic) bond motifs is 3. The molecule has 0 aromatic carbocycles. The Morgan fingerprint density at radius 2 is 1.00 bits per heavy atom. The van der Waals surface area contributed by atoms with E-state index in [1.165, 1.54) is 32.1 Å². The van der Waals surface area contributed by atoms with Crippen LogP contribution < -0.4 is 0 Å². The molecule has 0 radical (unpaired) electrons. The van der Waals surface area contributed by atoms with Crippen molar-refractivity contribution in [2.24, 2.45) is 11.8 Å². The zero-order valence-corrected chi connectivity index (χ0v) is 23.5. The van der Waals surface area contributed by atoms with Crippen LogP contribution in [0.3, 0.4) is 0 Å². The van der Waals surface area contributed by atoms with Gasteiger partial charge in [-0.3, -0.25) is 0 Å². The fraction of sp³-hybridized carbons (Fsp3) is 1.00. The van der Waals surface area contributed by atoms with Gasteiger partial charge in [-0.15, -0.1) is 0 Å². The molecule has 1 aliphatic heterocycles. The Balaban J connectivity index is 1.59. The molecular formula is C24H47Ge2N. The summed E-state index contributed by atoms with van der Waals surface area (Å²) in [5.74, 6) is 18.3. The number of hydrogen-bond acceptors (Lipinski definition) is 1. The molecule has 0 amide bonds. The summed E-state index contributed by atoms with van der Waals surface area (Å²) in [6, 6.07) is 2.92. The molecule has 3 heteroatoms. The minimum absolute atomic E-state index is 0.960. The molecule has 3 aliphatic carbocycles. The average molecular weight is 495 g/mol. The first kappa shape index (κ1) is 21.3. The van der Waals surface area contributed by atoms with Gasteiger partial charge in [0.1, 0.15) is 0 Å². The summed E-state index contributed by atoms with van der Waals surface area (Å²) < 4.78 is 2.30. The van der Waals surface area contributed by atoms with E-state index in [-0.39, 0.29) is 0 Å². The van der Waals surface area contributed by atoms with Crippen LogP contribution in [0.4, 0.5) is 0 Å². The molecule has 4 fully saturated rings. The van der Waals surface area contributed by atoms with Gasteiger partial charge in [0.2, 0.25) is 0 Å². The van der Waals surface area contributed by atoms with E-state index in [1.54, 1.807) is 38.5 Å². The van der Waals surface area contributed by atoms with Crippen LogP contribution in [0, 0.1) is 11.8 Å². The summed E-state index contributed by atoms with van der Waals surface area (Å²) in [6.45, 7) is 0. The molecule has 1 heterocycles. The Hall–Kier alpha value is 1.05. The van der Waals surface area contributed by atoms with Crippen LogP contribution >= 0.6 is 0 Å². The Kier molecular flexibility index (Phi) is 6.27. The van der Waals surface area contributed by atoms with Crippen molar-refractivity contribution in [3.8, 4) is 0 Å². The Morgan fingerprint density at radius 3 is 1.41 bits per heavy atom. The maximum absolute atomic E-state index is 3.21. The first-order valence-corrected chi connectivity index (χ1v) is 27.4. The van der Waals surface area contributed by atoms with E-state index in [9.17, 15) is 0 Å². The second-order valence-electron chi connectivity index (χ2n) is 13.0. The molecular weight excluding hydrogens is 447 g/mol. The van der Waals surface area contributed by atoms with Gasteiger partial charge in [-0.2, -0.15) is 0 Å². The van der Waals surface area contributed by atoms with Gasteiger partial charge >= 0.3 is 176 Å². The SMILES string of the molecule is [CH3][Ge]([CH3])([CH3])[CH]1CCC2C(C1)C1C[CH]([Ge]([CH3])([CH3])[CH3])CCC1N2C1CCCCC1. The topological polar surface area (TPSA) is 3.24 Å². The molecule has 0 bridgehead atoms. The van der Waals surface area contributed by atoms with Gasteiger partial charge in [-0.05, 0) is 0 Å². The van der Waals surface area contributed by atoms with Crippen molar-refractivity contribution in [2.45, 2.75) is 133 Å². The minimum atomic E-state index is -1.52. The van der Waals surface area contributed by atoms with Crippen LogP contribution in [0.15, 0.2) is 0 Å². The van der Waals surface area contributed by atoms with Crippen molar-refractivity contribution in [1.82, 2.24) is 4.90 Å². The van der Waals surface area contributed by atoms with E-state index < -0.39 is 26.5 Å². The van der Waals surface area contributed by atoms with Crippen molar-refractivity contribution in [3.05, 3.63) is 0 Å². The molecule has 0 N–H and O–H groups in total. The van der Waals surface area contributed by atoms with E-state index in [4.69, 9.17) is 0 Å². The first-order valence-electron chi connectivity index (χ1n) is 12.4. The molecule has 4 rings (SSSR count). The summed E-state index contributed by atoms with van der Waals surface area (Å²) in [5, 5.41) is 0. The van der Waals surface area contributed by atoms with Crippen molar-refractivity contribution in [1.29, 1.82) is 0 Å². The summed E-state index contributed by atoms with van der Waals surface area (Å²) in [4.78, 5) is 3.21. The number of nitrogens with zero attached hydrogens (tertiary/aromatic N) is 1. The molecule has 156 valence electrons. The average Bonchev–Trinajstić information content (AvgIpc) is 2.94. The second-order valence-corrected chi connectivity index (χ2v) is 36.2. The fourth-order valence-corrected chi connectivity index (χ4v) is 16.2. The Bertz CT molecular complexity index is 475. The van der Waals surface area contributed by atoms with Crippen molar-refractivity contribution < 1.29 is 0 Å². The van der Waals surface area contributed by atoms with Crippen LogP contribution in [0.1, 0.15) is 70.6 Å². The summed E-state index contributed by atoms with van der Waals surface area (Å²) in [7, 11) is 0. The van der Waals surface area contributed by atoms with Gasteiger partial charge in [0.25, 0.3) is 0 Å². The summed E-state index contributed by atoms with van der Waals surface area (Å²) in [5.41, 5.74) is 0. The predicted octanol–water partition coefficient (Wildman–Crippen LogP) is 7.39. The molecule has 3 saturated carbocycles. The van der Waals surface area contributed by atoms with Crippen molar-refractivity contribution in [2.75, 3.05) is 0 Å². The van der Waals surface area contributed by atoms with Crippen molar-refractivity contribution >= 4 is 26.5 Å². The van der Waals surface area contributed by atoms with Gasteiger partial charge in [-0.1, -0.05) is 0 Å². The fourth-order valence-electron chi connectivity index (χ4n) is 7.78. The zero-order valence-electron chi connectivity index (χ0n) is 19.3. The molecule has 6 unspecified atom stereocenters. The first-order chi connectivity index (χ1) is 12.7. The van der Waals surface area contributed by atoms with E-state index >= 15 is 0 Å². The Morgan fingerprint density at radius 1 is 0.556 bits per heavy atom. The number of likely N-dealkylation sites (tertiary alicyclic amines) is 1. The monoisotopic (exact) mass is 497 g/mol. The van der Waals surface area contributed by atoms with E-state index in [0.717, 1.165) is 39.5 Å². The zero-order chi connectivity index (χ0) is 19.4. The van der Waals surface area contributed by atoms with Crippen LogP contribution in [-0.4, -0.2) is 49.6 Å². The second kappa shape index (κ2) is 7.95. The molecule has 4 aliphatic rings. The van der Waals surface area contributed by atoms with Crippen LogP contribution in [0.25, 0.3) is 0 Å². The van der Waals surface area contributed by atoms with Gasteiger partial charge in [0.15, 0.2) is 0 Å².